The van der Waals surface area contributed by atoms with E-state index in [4.69, 9.17) is 9.31 Å². The van der Waals surface area contributed by atoms with Crippen LogP contribution in [0.1, 0.15) is 46.5 Å². The molecule has 5 aliphatic rings. The minimum Gasteiger partial charge on any atom is -0.404 e. The minimum absolute atomic E-state index is 0.139. The van der Waals surface area contributed by atoms with Gasteiger partial charge in [-0.1, -0.05) is 13.8 Å². The van der Waals surface area contributed by atoms with Crippen LogP contribution in [0.15, 0.2) is 0 Å². The Labute approximate surface area is 109 Å². The van der Waals surface area contributed by atoms with Gasteiger partial charge in [0, 0.05) is 0 Å². The molecule has 0 aromatic carbocycles. The van der Waals surface area contributed by atoms with Crippen molar-refractivity contribution in [1.29, 1.82) is 5.26 Å². The van der Waals surface area contributed by atoms with Gasteiger partial charge in [0.05, 0.1) is 23.1 Å². The predicted octanol–water partition coefficient (Wildman–Crippen LogP) is 2.77. The van der Waals surface area contributed by atoms with Crippen LogP contribution in [-0.4, -0.2) is 18.8 Å². The van der Waals surface area contributed by atoms with Crippen molar-refractivity contribution in [2.45, 2.75) is 63.5 Å². The molecule has 18 heavy (non-hydrogen) atoms. The fourth-order valence-electron chi connectivity index (χ4n) is 4.48. The number of nitriles is 1. The van der Waals surface area contributed by atoms with Crippen LogP contribution in [0.4, 0.5) is 0 Å². The van der Waals surface area contributed by atoms with Gasteiger partial charge in [0.2, 0.25) is 0 Å². The highest BCUT2D eigenvalue weighted by molar-refractivity contribution is 6.52. The van der Waals surface area contributed by atoms with Gasteiger partial charge in [-0.3, -0.25) is 0 Å². The van der Waals surface area contributed by atoms with Gasteiger partial charge in [0.25, 0.3) is 0 Å². The molecular formula is C14H20BNO2. The second-order valence-corrected chi connectivity index (χ2v) is 7.65. The van der Waals surface area contributed by atoms with Crippen LogP contribution in [0, 0.1) is 28.6 Å². The van der Waals surface area contributed by atoms with Crippen LogP contribution in [0.25, 0.3) is 0 Å². The average Bonchev–Trinajstić information content (AvgIpc) is 3.04. The van der Waals surface area contributed by atoms with Crippen LogP contribution in [0.5, 0.6) is 0 Å². The van der Waals surface area contributed by atoms with E-state index < -0.39 is 0 Å². The summed E-state index contributed by atoms with van der Waals surface area (Å²) < 4.78 is 12.4. The van der Waals surface area contributed by atoms with Crippen molar-refractivity contribution in [2.24, 2.45) is 17.3 Å². The molecule has 0 radical (unpaired) electrons. The lowest BCUT2D eigenvalue weighted by molar-refractivity contribution is -0.185. The lowest BCUT2D eigenvalue weighted by atomic mass is 9.45. The molecule has 96 valence electrons. The quantitative estimate of drug-likeness (QED) is 0.667. The summed E-state index contributed by atoms with van der Waals surface area (Å²) in [6, 6.07) is 2.42. The van der Waals surface area contributed by atoms with Gasteiger partial charge in [-0.2, -0.15) is 5.26 Å². The fraction of sp³-hybridized carbons (Fsp3) is 0.929. The first-order valence-corrected chi connectivity index (χ1v) is 7.16. The van der Waals surface area contributed by atoms with Crippen LogP contribution in [0.2, 0.25) is 5.31 Å². The summed E-state index contributed by atoms with van der Waals surface area (Å²) in [5.74, 6) is 1.38. The Morgan fingerprint density at radius 3 is 2.56 bits per heavy atom. The molecule has 1 aliphatic heterocycles. The molecule has 0 N–H and O–H groups in total. The minimum atomic E-state index is -0.325. The van der Waals surface area contributed by atoms with Crippen LogP contribution < -0.4 is 0 Å². The highest BCUT2D eigenvalue weighted by Gasteiger charge is 2.71. The first-order chi connectivity index (χ1) is 8.41. The summed E-state index contributed by atoms with van der Waals surface area (Å²) in [6.45, 7) is 6.91. The van der Waals surface area contributed by atoms with Crippen LogP contribution >= 0.6 is 0 Å². The summed E-state index contributed by atoms with van der Waals surface area (Å²) in [4.78, 5) is 0. The number of hydrogen-bond acceptors (Lipinski definition) is 3. The molecule has 4 saturated carbocycles. The molecule has 0 amide bonds. The molecule has 0 aromatic heterocycles. The van der Waals surface area contributed by atoms with Crippen LogP contribution in [-0.2, 0) is 9.31 Å². The average molecular weight is 245 g/mol. The molecule has 1 unspecified atom stereocenters. The molecular weight excluding hydrogens is 225 g/mol. The van der Waals surface area contributed by atoms with E-state index >= 15 is 0 Å². The first-order valence-electron chi connectivity index (χ1n) is 7.16. The zero-order valence-corrected chi connectivity index (χ0v) is 11.4. The van der Waals surface area contributed by atoms with Crippen LogP contribution in [0.3, 0.4) is 0 Å². The summed E-state index contributed by atoms with van der Waals surface area (Å²) in [6.07, 6.45) is 4.46. The predicted molar refractivity (Wildman–Crippen MR) is 67.7 cm³/mol. The molecule has 1 saturated heterocycles. The van der Waals surface area contributed by atoms with Crippen molar-refractivity contribution in [3.8, 4) is 6.07 Å². The zero-order valence-electron chi connectivity index (χ0n) is 11.4. The molecule has 1 heterocycles. The number of hydrogen-bond donors (Lipinski definition) is 0. The Balaban J connectivity index is 1.63. The largest absolute Gasteiger partial charge is 0.479 e. The Kier molecular flexibility index (Phi) is 1.86. The van der Waals surface area contributed by atoms with Crippen molar-refractivity contribution < 1.29 is 9.31 Å². The van der Waals surface area contributed by atoms with E-state index in [1.165, 1.54) is 6.42 Å². The third-order valence-electron chi connectivity index (χ3n) is 6.27. The highest BCUT2D eigenvalue weighted by Crippen LogP contribution is 2.67. The summed E-state index contributed by atoms with van der Waals surface area (Å²) in [7, 11) is -0.271. The topological polar surface area (TPSA) is 42.2 Å². The van der Waals surface area contributed by atoms with E-state index in [-0.39, 0.29) is 24.1 Å². The van der Waals surface area contributed by atoms with Gasteiger partial charge in [-0.25, -0.2) is 0 Å². The van der Waals surface area contributed by atoms with Crippen molar-refractivity contribution in [3.63, 3.8) is 0 Å². The van der Waals surface area contributed by atoms with E-state index in [0.29, 0.717) is 11.3 Å². The molecule has 5 fully saturated rings. The smallest absolute Gasteiger partial charge is 0.404 e. The molecule has 0 aromatic rings. The van der Waals surface area contributed by atoms with Gasteiger partial charge in [0.1, 0.15) is 0 Å². The fourth-order valence-corrected chi connectivity index (χ4v) is 4.48. The molecule has 5 rings (SSSR count). The van der Waals surface area contributed by atoms with Crippen molar-refractivity contribution in [1.82, 2.24) is 0 Å². The Hall–Kier alpha value is -0.525. The van der Waals surface area contributed by atoms with E-state index in [1.807, 2.05) is 0 Å². The van der Waals surface area contributed by atoms with Gasteiger partial charge < -0.3 is 9.31 Å². The Bertz CT molecular complexity index is 453. The van der Waals surface area contributed by atoms with E-state index in [9.17, 15) is 5.26 Å². The summed E-state index contributed by atoms with van der Waals surface area (Å²) in [5.41, 5.74) is 0.256. The highest BCUT2D eigenvalue weighted by atomic mass is 16.7. The molecule has 4 heteroatoms. The normalized spacial score (nSPS) is 50.1. The number of nitrogens with zero attached hydrogens (tertiary/aromatic N) is 1. The van der Waals surface area contributed by atoms with Crippen molar-refractivity contribution >= 4 is 7.12 Å². The van der Waals surface area contributed by atoms with E-state index in [2.05, 4.69) is 26.8 Å². The molecule has 3 nitrogen and oxygen atoms in total. The third-order valence-corrected chi connectivity index (χ3v) is 6.27. The first kappa shape index (κ1) is 11.3. The molecule has 4 atom stereocenters. The second kappa shape index (κ2) is 2.97. The maximum atomic E-state index is 9.30. The van der Waals surface area contributed by atoms with Gasteiger partial charge in [0.15, 0.2) is 0 Å². The second-order valence-electron chi connectivity index (χ2n) is 7.65. The monoisotopic (exact) mass is 245 g/mol. The maximum Gasteiger partial charge on any atom is 0.479 e. The lowest BCUT2D eigenvalue weighted by Crippen LogP contribution is -2.63. The Morgan fingerprint density at radius 2 is 2.00 bits per heavy atom. The van der Waals surface area contributed by atoms with Crippen molar-refractivity contribution in [2.75, 3.05) is 0 Å². The van der Waals surface area contributed by atoms with E-state index in [0.717, 1.165) is 25.2 Å². The lowest BCUT2D eigenvalue weighted by Gasteiger charge is -2.63. The maximum absolute atomic E-state index is 9.30. The zero-order chi connectivity index (χ0) is 12.8. The van der Waals surface area contributed by atoms with Crippen molar-refractivity contribution in [3.05, 3.63) is 0 Å². The summed E-state index contributed by atoms with van der Waals surface area (Å²) in [5, 5.41) is 8.98. The SMILES string of the molecule is CC1(C)C2C[C@H]1[C@H]1OB(C3(C#N)CC3)O[C@@]1(C)C2. The standard InChI is InChI=1S/C14H20BNO2/c1-12(2)9-6-10(12)11-13(3,7-9)18-15(17-11)14(8-16)4-5-14/h9-11H,4-7H2,1-3H3/t9?,10-,11+,13-/m0/s1. The summed E-state index contributed by atoms with van der Waals surface area (Å²) >= 11 is 0. The van der Waals surface area contributed by atoms with Gasteiger partial charge >= 0.3 is 7.12 Å². The van der Waals surface area contributed by atoms with E-state index in [1.54, 1.807) is 0 Å². The third kappa shape index (κ3) is 1.13. The van der Waals surface area contributed by atoms with Gasteiger partial charge in [-0.05, 0) is 49.9 Å². The Morgan fingerprint density at radius 1 is 1.28 bits per heavy atom. The molecule has 2 bridgehead atoms. The number of rotatable bonds is 1. The molecule has 4 aliphatic carbocycles. The van der Waals surface area contributed by atoms with Gasteiger partial charge in [-0.15, -0.1) is 0 Å². The molecule has 0 spiro atoms.